The van der Waals surface area contributed by atoms with Crippen LogP contribution in [-0.2, 0) is 0 Å². The standard InChI is InChI=1S/C6H7N3O2/c10-6(11)8-9-5-3-1-2-4-7-9/h1-5,8H,(H,10,11). The smallest absolute Gasteiger partial charge is 0.425 e. The third kappa shape index (κ3) is 2.53. The molecule has 0 unspecified atom stereocenters. The Balaban J connectivity index is 2.53. The van der Waals surface area contributed by atoms with E-state index in [1.807, 2.05) is 5.43 Å². The molecule has 0 bridgehead atoms. The van der Waals surface area contributed by atoms with E-state index in [-0.39, 0.29) is 0 Å². The molecule has 0 aromatic carbocycles. The lowest BCUT2D eigenvalue weighted by molar-refractivity contribution is 0.164. The van der Waals surface area contributed by atoms with E-state index in [1.165, 1.54) is 12.4 Å². The fraction of sp³-hybridized carbons (Fsp3) is 0. The number of nitrogens with one attached hydrogen (secondary N) is 1. The van der Waals surface area contributed by atoms with Crippen molar-refractivity contribution < 1.29 is 9.90 Å². The molecule has 0 aromatic heterocycles. The number of carboxylic acid groups (broad SMARTS) is 1. The number of allylic oxidation sites excluding steroid dienone is 3. The van der Waals surface area contributed by atoms with Gasteiger partial charge in [0.2, 0.25) is 0 Å². The number of nitrogens with zero attached hydrogens (tertiary/aromatic N) is 2. The summed E-state index contributed by atoms with van der Waals surface area (Å²) in [6.45, 7) is 0. The number of hydrazone groups is 1. The molecule has 5 heteroatoms. The topological polar surface area (TPSA) is 64.9 Å². The second-order valence-corrected chi connectivity index (χ2v) is 1.75. The number of carbonyl (C=O) groups is 1. The minimum Gasteiger partial charge on any atom is -0.464 e. The van der Waals surface area contributed by atoms with Crippen molar-refractivity contribution in [1.29, 1.82) is 0 Å². The van der Waals surface area contributed by atoms with E-state index in [2.05, 4.69) is 5.10 Å². The summed E-state index contributed by atoms with van der Waals surface area (Å²) >= 11 is 0. The van der Waals surface area contributed by atoms with E-state index in [0.29, 0.717) is 0 Å². The zero-order chi connectivity index (χ0) is 8.10. The van der Waals surface area contributed by atoms with E-state index in [1.54, 1.807) is 18.2 Å². The SMILES string of the molecule is O=C(O)NN1C=CC=CC=N1. The average molecular weight is 153 g/mol. The molecule has 0 spiro atoms. The Morgan fingerprint density at radius 1 is 1.45 bits per heavy atom. The maximum absolute atomic E-state index is 10.1. The van der Waals surface area contributed by atoms with Crippen LogP contribution in [0.1, 0.15) is 0 Å². The Hall–Kier alpha value is -1.78. The molecule has 0 saturated heterocycles. The van der Waals surface area contributed by atoms with E-state index in [4.69, 9.17) is 5.11 Å². The number of rotatable bonds is 1. The highest BCUT2D eigenvalue weighted by atomic mass is 16.4. The van der Waals surface area contributed by atoms with E-state index >= 15 is 0 Å². The quantitative estimate of drug-likeness (QED) is 0.577. The molecule has 1 aliphatic heterocycles. The lowest BCUT2D eigenvalue weighted by atomic mass is 10.5. The van der Waals surface area contributed by atoms with E-state index in [9.17, 15) is 4.79 Å². The van der Waals surface area contributed by atoms with Gasteiger partial charge >= 0.3 is 6.09 Å². The largest absolute Gasteiger partial charge is 0.464 e. The number of hydrazine groups is 1. The van der Waals surface area contributed by atoms with Crippen LogP contribution < -0.4 is 5.43 Å². The van der Waals surface area contributed by atoms with E-state index in [0.717, 1.165) is 5.12 Å². The lowest BCUT2D eigenvalue weighted by Gasteiger charge is -2.10. The van der Waals surface area contributed by atoms with Gasteiger partial charge in [0.15, 0.2) is 0 Å². The van der Waals surface area contributed by atoms with Crippen LogP contribution in [0, 0.1) is 0 Å². The lowest BCUT2D eigenvalue weighted by Crippen LogP contribution is -2.33. The molecule has 5 nitrogen and oxygen atoms in total. The first kappa shape index (κ1) is 7.33. The van der Waals surface area contributed by atoms with Gasteiger partial charge in [0.1, 0.15) is 0 Å². The summed E-state index contributed by atoms with van der Waals surface area (Å²) in [5.74, 6) is 0. The van der Waals surface area contributed by atoms with Crippen LogP contribution in [0.25, 0.3) is 0 Å². The number of amides is 1. The van der Waals surface area contributed by atoms with Crippen molar-refractivity contribution in [3.8, 4) is 0 Å². The van der Waals surface area contributed by atoms with Gasteiger partial charge in [-0.15, -0.1) is 0 Å². The molecule has 0 fully saturated rings. The number of hydrogen-bond donors (Lipinski definition) is 2. The predicted octanol–water partition coefficient (Wildman–Crippen LogP) is 0.540. The second kappa shape index (κ2) is 3.40. The highest BCUT2D eigenvalue weighted by Crippen LogP contribution is 1.90. The van der Waals surface area contributed by atoms with Gasteiger partial charge in [-0.3, -0.25) is 0 Å². The molecular formula is C6H7N3O2. The first-order valence-corrected chi connectivity index (χ1v) is 2.95. The third-order valence-corrected chi connectivity index (χ3v) is 0.937. The van der Waals surface area contributed by atoms with Crippen LogP contribution >= 0.6 is 0 Å². The summed E-state index contributed by atoms with van der Waals surface area (Å²) in [4.78, 5) is 10.1. The molecule has 2 N–H and O–H groups in total. The van der Waals surface area contributed by atoms with Gasteiger partial charge < -0.3 is 5.11 Å². The van der Waals surface area contributed by atoms with Gasteiger partial charge in [-0.2, -0.15) is 10.2 Å². The van der Waals surface area contributed by atoms with Crippen LogP contribution in [0.15, 0.2) is 29.5 Å². The molecule has 1 rings (SSSR count). The van der Waals surface area contributed by atoms with Crippen molar-refractivity contribution in [2.24, 2.45) is 5.10 Å². The monoisotopic (exact) mass is 153 g/mol. The first-order chi connectivity index (χ1) is 5.29. The zero-order valence-corrected chi connectivity index (χ0v) is 5.64. The molecule has 1 aliphatic rings. The van der Waals surface area contributed by atoms with Crippen LogP contribution in [0.4, 0.5) is 4.79 Å². The van der Waals surface area contributed by atoms with Crippen LogP contribution in [0.2, 0.25) is 0 Å². The van der Waals surface area contributed by atoms with Crippen molar-refractivity contribution in [1.82, 2.24) is 10.5 Å². The highest BCUT2D eigenvalue weighted by molar-refractivity contribution is 5.72. The summed E-state index contributed by atoms with van der Waals surface area (Å²) in [5, 5.41) is 13.1. The third-order valence-electron chi connectivity index (χ3n) is 0.937. The first-order valence-electron chi connectivity index (χ1n) is 2.95. The van der Waals surface area contributed by atoms with Crippen molar-refractivity contribution >= 4 is 12.3 Å². The summed E-state index contributed by atoms with van der Waals surface area (Å²) in [6, 6.07) is 0. The van der Waals surface area contributed by atoms with Gasteiger partial charge in [-0.05, 0) is 12.2 Å². The van der Waals surface area contributed by atoms with Crippen LogP contribution in [0.3, 0.4) is 0 Å². The maximum atomic E-state index is 10.1. The van der Waals surface area contributed by atoms with Gasteiger partial charge in [0.05, 0.1) is 0 Å². The van der Waals surface area contributed by atoms with Crippen LogP contribution in [0.5, 0.6) is 0 Å². The van der Waals surface area contributed by atoms with Gasteiger partial charge in [0, 0.05) is 12.4 Å². The Bertz CT molecular complexity index is 216. The van der Waals surface area contributed by atoms with E-state index < -0.39 is 6.09 Å². The van der Waals surface area contributed by atoms with Crippen molar-refractivity contribution in [2.45, 2.75) is 0 Å². The molecular weight excluding hydrogens is 146 g/mol. The molecule has 0 radical (unpaired) electrons. The van der Waals surface area contributed by atoms with Crippen molar-refractivity contribution in [3.63, 3.8) is 0 Å². The summed E-state index contributed by atoms with van der Waals surface area (Å²) in [6.07, 6.45) is 6.94. The molecule has 58 valence electrons. The summed E-state index contributed by atoms with van der Waals surface area (Å²) in [7, 11) is 0. The molecule has 0 atom stereocenters. The average Bonchev–Trinajstić information content (AvgIpc) is 2.14. The Morgan fingerprint density at radius 3 is 3.00 bits per heavy atom. The summed E-state index contributed by atoms with van der Waals surface area (Å²) in [5.41, 5.74) is 2.05. The number of hydrogen-bond acceptors (Lipinski definition) is 3. The predicted molar refractivity (Wildman–Crippen MR) is 39.8 cm³/mol. The minimum atomic E-state index is -1.14. The molecule has 1 amide bonds. The fourth-order valence-corrected chi connectivity index (χ4v) is 0.558. The van der Waals surface area contributed by atoms with Gasteiger partial charge in [-0.1, -0.05) is 6.08 Å². The minimum absolute atomic E-state index is 1.10. The zero-order valence-electron chi connectivity index (χ0n) is 5.64. The second-order valence-electron chi connectivity index (χ2n) is 1.75. The molecule has 1 heterocycles. The Morgan fingerprint density at radius 2 is 2.27 bits per heavy atom. The Kier molecular flexibility index (Phi) is 2.27. The van der Waals surface area contributed by atoms with Crippen LogP contribution in [-0.4, -0.2) is 22.5 Å². The van der Waals surface area contributed by atoms with Crippen molar-refractivity contribution in [2.75, 3.05) is 0 Å². The maximum Gasteiger partial charge on any atom is 0.425 e. The van der Waals surface area contributed by atoms with Gasteiger partial charge in [-0.25, -0.2) is 10.2 Å². The molecule has 0 aliphatic carbocycles. The normalized spacial score (nSPS) is 14.7. The summed E-state index contributed by atoms with van der Waals surface area (Å²) < 4.78 is 0. The molecule has 11 heavy (non-hydrogen) atoms. The molecule has 0 aromatic rings. The highest BCUT2D eigenvalue weighted by Gasteiger charge is 1.98. The Labute approximate surface area is 63.3 Å². The van der Waals surface area contributed by atoms with Gasteiger partial charge in [0.25, 0.3) is 0 Å². The molecule has 0 saturated carbocycles. The van der Waals surface area contributed by atoms with Crippen molar-refractivity contribution in [3.05, 3.63) is 24.4 Å². The fourth-order valence-electron chi connectivity index (χ4n) is 0.558.